The Morgan fingerprint density at radius 3 is 3.13 bits per heavy atom. The van der Waals surface area contributed by atoms with Gasteiger partial charge >= 0.3 is 5.97 Å². The molecule has 1 N–H and O–H groups in total. The summed E-state index contributed by atoms with van der Waals surface area (Å²) in [6, 6.07) is 5.17. The van der Waals surface area contributed by atoms with Crippen molar-refractivity contribution >= 4 is 11.9 Å². The minimum Gasteiger partial charge on any atom is -0.460 e. The van der Waals surface area contributed by atoms with E-state index in [9.17, 15) is 9.59 Å². The summed E-state index contributed by atoms with van der Waals surface area (Å²) < 4.78 is 12.2. The molecule has 2 aromatic rings. The van der Waals surface area contributed by atoms with E-state index in [1.54, 1.807) is 25.3 Å². The molecule has 0 radical (unpaired) electrons. The lowest BCUT2D eigenvalue weighted by molar-refractivity contribution is -0.125. The summed E-state index contributed by atoms with van der Waals surface area (Å²) >= 11 is 0. The van der Waals surface area contributed by atoms with E-state index >= 15 is 0 Å². The number of rotatable bonds is 5. The van der Waals surface area contributed by atoms with Crippen LogP contribution in [0.3, 0.4) is 0 Å². The van der Waals surface area contributed by atoms with Gasteiger partial charge in [0.25, 0.3) is 0 Å². The molecule has 1 atom stereocenters. The largest absolute Gasteiger partial charge is 0.460 e. The molecule has 1 aliphatic heterocycles. The predicted molar refractivity (Wildman–Crippen MR) is 80.5 cm³/mol. The molecule has 3 heterocycles. The van der Waals surface area contributed by atoms with Crippen LogP contribution in [0, 0.1) is 5.92 Å². The average Bonchev–Trinajstić information content (AvgIpc) is 3.21. The lowest BCUT2D eigenvalue weighted by Crippen LogP contribution is -2.35. The molecule has 0 aliphatic carbocycles. The van der Waals surface area contributed by atoms with E-state index < -0.39 is 5.97 Å². The van der Waals surface area contributed by atoms with Crippen LogP contribution in [0.15, 0.2) is 28.8 Å². The van der Waals surface area contributed by atoms with Gasteiger partial charge in [0, 0.05) is 30.8 Å². The third-order valence-electron chi connectivity index (χ3n) is 3.90. The van der Waals surface area contributed by atoms with Gasteiger partial charge < -0.3 is 14.5 Å². The van der Waals surface area contributed by atoms with Crippen LogP contribution in [0.1, 0.15) is 35.4 Å². The van der Waals surface area contributed by atoms with Crippen LogP contribution in [-0.2, 0) is 29.0 Å². The van der Waals surface area contributed by atoms with Crippen molar-refractivity contribution in [1.29, 1.82) is 0 Å². The van der Waals surface area contributed by atoms with Crippen molar-refractivity contribution in [3.63, 3.8) is 0 Å². The van der Waals surface area contributed by atoms with E-state index in [4.69, 9.17) is 9.15 Å². The van der Waals surface area contributed by atoms with E-state index in [2.05, 4.69) is 10.4 Å². The third kappa shape index (κ3) is 3.44. The number of esters is 1. The maximum Gasteiger partial charge on any atom is 0.374 e. The van der Waals surface area contributed by atoms with Gasteiger partial charge in [-0.1, -0.05) is 0 Å². The fraction of sp³-hybridized carbons (Fsp3) is 0.438. The number of fused-ring (bicyclic) bond motifs is 1. The normalized spacial score (nSPS) is 16.7. The van der Waals surface area contributed by atoms with Crippen molar-refractivity contribution in [1.82, 2.24) is 15.1 Å². The van der Waals surface area contributed by atoms with E-state index in [0.717, 1.165) is 18.7 Å². The van der Waals surface area contributed by atoms with Gasteiger partial charge in [-0.15, -0.1) is 0 Å². The topological polar surface area (TPSA) is 86.4 Å². The molecule has 7 heteroatoms. The van der Waals surface area contributed by atoms with Gasteiger partial charge in [-0.05, 0) is 31.5 Å². The number of ether oxygens (including phenoxy) is 1. The lowest BCUT2D eigenvalue weighted by atomic mass is 9.95. The van der Waals surface area contributed by atoms with Crippen molar-refractivity contribution in [3.05, 3.63) is 41.6 Å². The Bertz CT molecular complexity index is 704. The van der Waals surface area contributed by atoms with Gasteiger partial charge in [-0.3, -0.25) is 9.48 Å². The van der Waals surface area contributed by atoms with Crippen molar-refractivity contribution in [2.75, 3.05) is 6.61 Å². The lowest BCUT2D eigenvalue weighted by Gasteiger charge is -2.22. The van der Waals surface area contributed by atoms with E-state index in [0.29, 0.717) is 18.8 Å². The van der Waals surface area contributed by atoms with Crippen LogP contribution < -0.4 is 5.32 Å². The van der Waals surface area contributed by atoms with Crippen molar-refractivity contribution in [2.45, 2.75) is 32.9 Å². The van der Waals surface area contributed by atoms with Crippen LogP contribution in [0.25, 0.3) is 0 Å². The van der Waals surface area contributed by atoms with Gasteiger partial charge in [0.2, 0.25) is 11.7 Å². The number of hydrogen-bond acceptors (Lipinski definition) is 5. The first kappa shape index (κ1) is 15.3. The van der Waals surface area contributed by atoms with Gasteiger partial charge in [-0.25, -0.2) is 4.79 Å². The summed E-state index contributed by atoms with van der Waals surface area (Å²) in [7, 11) is 0. The summed E-state index contributed by atoms with van der Waals surface area (Å²) in [6.45, 7) is 3.05. The number of carbonyl (C=O) groups excluding carboxylic acids is 2. The van der Waals surface area contributed by atoms with E-state index in [1.807, 2.05) is 10.7 Å². The average molecular weight is 317 g/mol. The third-order valence-corrected chi connectivity index (χ3v) is 3.90. The molecule has 0 aromatic carbocycles. The first-order valence-electron chi connectivity index (χ1n) is 7.71. The molecule has 1 aliphatic rings. The molecular weight excluding hydrogens is 298 g/mol. The number of hydrogen-bond donors (Lipinski definition) is 1. The van der Waals surface area contributed by atoms with Crippen LogP contribution in [-0.4, -0.2) is 28.3 Å². The highest BCUT2D eigenvalue weighted by molar-refractivity contribution is 5.86. The Balaban J connectivity index is 1.52. The second-order valence-corrected chi connectivity index (χ2v) is 5.44. The number of aromatic nitrogens is 2. The molecule has 0 spiro atoms. The quantitative estimate of drug-likeness (QED) is 0.845. The minimum atomic E-state index is -0.495. The molecule has 0 saturated heterocycles. The molecule has 0 bridgehead atoms. The van der Waals surface area contributed by atoms with Gasteiger partial charge in [0.1, 0.15) is 5.76 Å². The van der Waals surface area contributed by atoms with Crippen molar-refractivity contribution in [3.8, 4) is 0 Å². The SMILES string of the molecule is CCOC(=O)c1ccc(CNC(=O)C2CCn3nccc3C2)o1. The maximum atomic E-state index is 12.3. The number of nitrogens with zero attached hydrogens (tertiary/aromatic N) is 2. The second kappa shape index (κ2) is 6.68. The molecule has 0 fully saturated rings. The highest BCUT2D eigenvalue weighted by Crippen LogP contribution is 2.20. The number of furan rings is 1. The van der Waals surface area contributed by atoms with Crippen molar-refractivity contribution < 1.29 is 18.7 Å². The Hall–Kier alpha value is -2.57. The smallest absolute Gasteiger partial charge is 0.374 e. The summed E-state index contributed by atoms with van der Waals surface area (Å²) in [5.74, 6) is 0.121. The van der Waals surface area contributed by atoms with E-state index in [1.165, 1.54) is 0 Å². The van der Waals surface area contributed by atoms with Crippen LogP contribution in [0.4, 0.5) is 0 Å². The standard InChI is InChI=1S/C16H19N3O4/c1-2-22-16(21)14-4-3-13(23-14)10-17-15(20)11-6-8-19-12(9-11)5-7-18-19/h3-5,7,11H,2,6,8-10H2,1H3,(H,17,20). The van der Waals surface area contributed by atoms with E-state index in [-0.39, 0.29) is 24.1 Å². The zero-order valence-corrected chi connectivity index (χ0v) is 12.9. The van der Waals surface area contributed by atoms with Crippen LogP contribution >= 0.6 is 0 Å². The molecule has 23 heavy (non-hydrogen) atoms. The fourth-order valence-electron chi connectivity index (χ4n) is 2.69. The molecule has 122 valence electrons. The summed E-state index contributed by atoms with van der Waals surface area (Å²) in [5.41, 5.74) is 1.08. The Morgan fingerprint density at radius 1 is 1.43 bits per heavy atom. The summed E-state index contributed by atoms with van der Waals surface area (Å²) in [6.07, 6.45) is 3.22. The molecule has 0 saturated carbocycles. The molecular formula is C16H19N3O4. The molecule has 1 unspecified atom stereocenters. The second-order valence-electron chi connectivity index (χ2n) is 5.44. The zero-order valence-electron chi connectivity index (χ0n) is 12.9. The van der Waals surface area contributed by atoms with Gasteiger partial charge in [0.15, 0.2) is 0 Å². The van der Waals surface area contributed by atoms with Gasteiger partial charge in [-0.2, -0.15) is 5.10 Å². The molecule has 7 nitrogen and oxygen atoms in total. The highest BCUT2D eigenvalue weighted by atomic mass is 16.5. The number of nitrogens with one attached hydrogen (secondary N) is 1. The Morgan fingerprint density at radius 2 is 2.30 bits per heavy atom. The maximum absolute atomic E-state index is 12.3. The van der Waals surface area contributed by atoms with Crippen LogP contribution in [0.5, 0.6) is 0 Å². The molecule has 3 rings (SSSR count). The van der Waals surface area contributed by atoms with Crippen molar-refractivity contribution in [2.24, 2.45) is 5.92 Å². The summed E-state index contributed by atoms with van der Waals surface area (Å²) in [4.78, 5) is 23.8. The minimum absolute atomic E-state index is 0.00784. The fourth-order valence-corrected chi connectivity index (χ4v) is 2.69. The number of aryl methyl sites for hydroxylation is 1. The molecule has 1 amide bonds. The zero-order chi connectivity index (χ0) is 16.2. The van der Waals surface area contributed by atoms with Crippen LogP contribution in [0.2, 0.25) is 0 Å². The Kier molecular flexibility index (Phi) is 4.45. The van der Waals surface area contributed by atoms with Gasteiger partial charge in [0.05, 0.1) is 13.2 Å². The molecule has 2 aromatic heterocycles. The predicted octanol–water partition coefficient (Wildman–Crippen LogP) is 1.53. The number of carbonyl (C=O) groups is 2. The highest BCUT2D eigenvalue weighted by Gasteiger charge is 2.25. The summed E-state index contributed by atoms with van der Waals surface area (Å²) in [5, 5.41) is 7.07. The monoisotopic (exact) mass is 317 g/mol. The Labute approximate surface area is 133 Å². The first-order chi connectivity index (χ1) is 11.2. The number of amides is 1. The first-order valence-corrected chi connectivity index (χ1v) is 7.71.